The van der Waals surface area contributed by atoms with E-state index in [1.807, 2.05) is 0 Å². The Hall–Kier alpha value is -0.340. The molecule has 0 aliphatic carbocycles. The Kier molecular flexibility index (Phi) is 16.4. The van der Waals surface area contributed by atoms with Crippen molar-refractivity contribution in [1.82, 2.24) is 0 Å². The highest BCUT2D eigenvalue weighted by Gasteiger charge is 1.98. The van der Waals surface area contributed by atoms with Gasteiger partial charge in [0.15, 0.2) is 0 Å². The normalized spacial score (nSPS) is 13.2. The zero-order chi connectivity index (χ0) is 14.9. The van der Waals surface area contributed by atoms with Crippen molar-refractivity contribution in [2.24, 2.45) is 0 Å². The molecule has 20 heavy (non-hydrogen) atoms. The smallest absolute Gasteiger partial charge is 0.0773 e. The van der Waals surface area contributed by atoms with Crippen molar-refractivity contribution in [2.45, 2.75) is 96.5 Å². The SMILES string of the molecule is CCCCCCCCCCCC/C=C/CC[C@H](O)CO. The number of aliphatic hydroxyl groups excluding tert-OH is 2. The van der Waals surface area contributed by atoms with Crippen molar-refractivity contribution in [1.29, 1.82) is 0 Å². The van der Waals surface area contributed by atoms with Gasteiger partial charge in [-0.2, -0.15) is 0 Å². The Balaban J connectivity index is 3.07. The second-order valence-corrected chi connectivity index (χ2v) is 5.86. The summed E-state index contributed by atoms with van der Waals surface area (Å²) in [6.45, 7) is 2.15. The molecule has 0 amide bonds. The van der Waals surface area contributed by atoms with E-state index in [1.165, 1.54) is 64.2 Å². The van der Waals surface area contributed by atoms with E-state index in [9.17, 15) is 0 Å². The Labute approximate surface area is 126 Å². The van der Waals surface area contributed by atoms with Gasteiger partial charge in [-0.3, -0.25) is 0 Å². The van der Waals surface area contributed by atoms with E-state index in [0.717, 1.165) is 12.8 Å². The first-order chi connectivity index (χ1) is 9.81. The zero-order valence-electron chi connectivity index (χ0n) is 13.5. The Morgan fingerprint density at radius 2 is 1.25 bits per heavy atom. The minimum absolute atomic E-state index is 0.119. The lowest BCUT2D eigenvalue weighted by molar-refractivity contribution is 0.0891. The van der Waals surface area contributed by atoms with Crippen molar-refractivity contribution < 1.29 is 10.2 Å². The third-order valence-electron chi connectivity index (χ3n) is 3.77. The maximum absolute atomic E-state index is 9.17. The summed E-state index contributed by atoms with van der Waals surface area (Å²) in [5, 5.41) is 17.8. The minimum atomic E-state index is -0.544. The highest BCUT2D eigenvalue weighted by Crippen LogP contribution is 2.11. The summed E-state index contributed by atoms with van der Waals surface area (Å²) in [6.07, 6.45) is 20.4. The molecule has 120 valence electrons. The Bertz CT molecular complexity index is 202. The Morgan fingerprint density at radius 1 is 0.750 bits per heavy atom. The van der Waals surface area contributed by atoms with Crippen molar-refractivity contribution in [3.63, 3.8) is 0 Å². The summed E-state index contributed by atoms with van der Waals surface area (Å²) < 4.78 is 0. The third kappa shape index (κ3) is 15.7. The predicted molar refractivity (Wildman–Crippen MR) is 87.9 cm³/mol. The molecule has 0 aromatic heterocycles. The molecule has 0 spiro atoms. The van der Waals surface area contributed by atoms with Crippen molar-refractivity contribution in [3.05, 3.63) is 12.2 Å². The monoisotopic (exact) mass is 284 g/mol. The molecular formula is C18H36O2. The van der Waals surface area contributed by atoms with Crippen LogP contribution in [0.4, 0.5) is 0 Å². The second-order valence-electron chi connectivity index (χ2n) is 5.86. The summed E-state index contributed by atoms with van der Waals surface area (Å²) in [4.78, 5) is 0. The number of allylic oxidation sites excluding steroid dienone is 2. The highest BCUT2D eigenvalue weighted by atomic mass is 16.3. The molecule has 0 bridgehead atoms. The lowest BCUT2D eigenvalue weighted by Gasteiger charge is -2.03. The van der Waals surface area contributed by atoms with Crippen molar-refractivity contribution >= 4 is 0 Å². The molecule has 0 rings (SSSR count). The average Bonchev–Trinajstić information content (AvgIpc) is 2.47. The largest absolute Gasteiger partial charge is 0.394 e. The molecule has 2 heteroatoms. The molecule has 0 aromatic carbocycles. The van der Waals surface area contributed by atoms with Gasteiger partial charge in [-0.25, -0.2) is 0 Å². The molecule has 0 aromatic rings. The quantitative estimate of drug-likeness (QED) is 0.328. The van der Waals surface area contributed by atoms with Gasteiger partial charge in [-0.05, 0) is 25.7 Å². The standard InChI is InChI=1S/C18H36O2/c1-2-3-4-5-6-7-8-9-10-11-12-13-14-15-16-18(20)17-19/h13-14,18-20H,2-12,15-17H2,1H3/b14-13+/t18-/m0/s1. The first kappa shape index (κ1) is 19.7. The van der Waals surface area contributed by atoms with Crippen LogP contribution in [0.3, 0.4) is 0 Å². The van der Waals surface area contributed by atoms with Gasteiger partial charge in [-0.1, -0.05) is 76.9 Å². The van der Waals surface area contributed by atoms with E-state index in [4.69, 9.17) is 10.2 Å². The molecule has 0 fully saturated rings. The van der Waals surface area contributed by atoms with Crippen LogP contribution >= 0.6 is 0 Å². The molecule has 2 nitrogen and oxygen atoms in total. The molecule has 0 heterocycles. The lowest BCUT2D eigenvalue weighted by atomic mass is 10.1. The number of rotatable bonds is 15. The fraction of sp³-hybridized carbons (Fsp3) is 0.889. The van der Waals surface area contributed by atoms with Gasteiger partial charge >= 0.3 is 0 Å². The molecule has 0 aliphatic rings. The third-order valence-corrected chi connectivity index (χ3v) is 3.77. The van der Waals surface area contributed by atoms with Crippen LogP contribution in [0.25, 0.3) is 0 Å². The summed E-state index contributed by atoms with van der Waals surface area (Å²) in [7, 11) is 0. The van der Waals surface area contributed by atoms with Crippen LogP contribution < -0.4 is 0 Å². The van der Waals surface area contributed by atoms with Crippen LogP contribution in [0.5, 0.6) is 0 Å². The van der Waals surface area contributed by atoms with Crippen molar-refractivity contribution in [2.75, 3.05) is 6.61 Å². The molecule has 1 atom stereocenters. The van der Waals surface area contributed by atoms with E-state index < -0.39 is 6.10 Å². The fourth-order valence-corrected chi connectivity index (χ4v) is 2.37. The highest BCUT2D eigenvalue weighted by molar-refractivity contribution is 4.82. The maximum atomic E-state index is 9.17. The van der Waals surface area contributed by atoms with Crippen LogP contribution in [-0.4, -0.2) is 22.9 Å². The molecular weight excluding hydrogens is 248 g/mol. The molecule has 0 unspecified atom stereocenters. The van der Waals surface area contributed by atoms with Gasteiger partial charge in [0.1, 0.15) is 0 Å². The Morgan fingerprint density at radius 3 is 1.80 bits per heavy atom. The summed E-state index contributed by atoms with van der Waals surface area (Å²) >= 11 is 0. The number of aliphatic hydroxyl groups is 2. The van der Waals surface area contributed by atoms with Crippen LogP contribution in [-0.2, 0) is 0 Å². The molecule has 0 aliphatic heterocycles. The lowest BCUT2D eigenvalue weighted by Crippen LogP contribution is -2.10. The maximum Gasteiger partial charge on any atom is 0.0773 e. The van der Waals surface area contributed by atoms with Crippen LogP contribution in [0.15, 0.2) is 12.2 Å². The molecule has 0 saturated heterocycles. The van der Waals surface area contributed by atoms with Gasteiger partial charge in [0, 0.05) is 0 Å². The number of unbranched alkanes of at least 4 members (excludes halogenated alkanes) is 10. The average molecular weight is 284 g/mol. The van der Waals surface area contributed by atoms with E-state index in [0.29, 0.717) is 6.42 Å². The number of hydrogen-bond donors (Lipinski definition) is 2. The molecule has 2 N–H and O–H groups in total. The number of hydrogen-bond acceptors (Lipinski definition) is 2. The van der Waals surface area contributed by atoms with Gasteiger partial charge in [-0.15, -0.1) is 0 Å². The van der Waals surface area contributed by atoms with Gasteiger partial charge in [0.2, 0.25) is 0 Å². The van der Waals surface area contributed by atoms with E-state index in [2.05, 4.69) is 19.1 Å². The topological polar surface area (TPSA) is 40.5 Å². The minimum Gasteiger partial charge on any atom is -0.394 e. The van der Waals surface area contributed by atoms with Crippen LogP contribution in [0.1, 0.15) is 90.4 Å². The van der Waals surface area contributed by atoms with Crippen molar-refractivity contribution in [3.8, 4) is 0 Å². The van der Waals surface area contributed by atoms with E-state index >= 15 is 0 Å². The van der Waals surface area contributed by atoms with Gasteiger partial charge < -0.3 is 10.2 Å². The van der Waals surface area contributed by atoms with Crippen LogP contribution in [0, 0.1) is 0 Å². The summed E-state index contributed by atoms with van der Waals surface area (Å²) in [5.41, 5.74) is 0. The zero-order valence-corrected chi connectivity index (χ0v) is 13.5. The first-order valence-electron chi connectivity index (χ1n) is 8.75. The van der Waals surface area contributed by atoms with Crippen LogP contribution in [0.2, 0.25) is 0 Å². The van der Waals surface area contributed by atoms with E-state index in [-0.39, 0.29) is 6.61 Å². The second kappa shape index (κ2) is 16.7. The molecule has 0 saturated carbocycles. The van der Waals surface area contributed by atoms with E-state index in [1.54, 1.807) is 0 Å². The van der Waals surface area contributed by atoms with Gasteiger partial charge in [0.25, 0.3) is 0 Å². The predicted octanol–water partition coefficient (Wildman–Crippen LogP) is 4.99. The molecule has 0 radical (unpaired) electrons. The van der Waals surface area contributed by atoms with Gasteiger partial charge in [0.05, 0.1) is 12.7 Å². The summed E-state index contributed by atoms with van der Waals surface area (Å²) in [5.74, 6) is 0. The fourth-order valence-electron chi connectivity index (χ4n) is 2.37. The first-order valence-corrected chi connectivity index (χ1v) is 8.75. The summed E-state index contributed by atoms with van der Waals surface area (Å²) in [6, 6.07) is 0.